The molecule has 0 fully saturated rings. The van der Waals surface area contributed by atoms with Gasteiger partial charge in [-0.25, -0.2) is 0 Å². The van der Waals surface area contributed by atoms with Crippen LogP contribution in [0, 0.1) is 0 Å². The van der Waals surface area contributed by atoms with E-state index in [0.29, 0.717) is 6.04 Å². The second-order valence-corrected chi connectivity index (χ2v) is 4.09. The van der Waals surface area contributed by atoms with Gasteiger partial charge in [0.1, 0.15) is 0 Å². The molecule has 86 valence electrons. The van der Waals surface area contributed by atoms with Crippen molar-refractivity contribution < 1.29 is 0 Å². The van der Waals surface area contributed by atoms with E-state index in [0.717, 1.165) is 6.42 Å². The second kappa shape index (κ2) is 6.62. The first-order valence-electron chi connectivity index (χ1n) is 5.92. The summed E-state index contributed by atoms with van der Waals surface area (Å²) in [5.41, 5.74) is 1.34. The van der Waals surface area contributed by atoms with Crippen molar-refractivity contribution in [3.8, 4) is 0 Å². The van der Waals surface area contributed by atoms with Crippen LogP contribution in [-0.2, 0) is 13.5 Å². The minimum atomic E-state index is 0.691. The molecule has 0 aliphatic rings. The summed E-state index contributed by atoms with van der Waals surface area (Å²) in [7, 11) is 4.06. The maximum absolute atomic E-state index is 4.17. The van der Waals surface area contributed by atoms with Crippen molar-refractivity contribution in [1.82, 2.24) is 15.1 Å². The Morgan fingerprint density at radius 3 is 2.80 bits per heavy atom. The van der Waals surface area contributed by atoms with E-state index in [2.05, 4.69) is 30.5 Å². The fourth-order valence-corrected chi connectivity index (χ4v) is 1.90. The molecule has 0 amide bonds. The topological polar surface area (TPSA) is 29.9 Å². The zero-order valence-electron chi connectivity index (χ0n) is 10.2. The van der Waals surface area contributed by atoms with Crippen LogP contribution in [-0.4, -0.2) is 22.9 Å². The highest BCUT2D eigenvalue weighted by Gasteiger charge is 2.03. The van der Waals surface area contributed by atoms with Crippen molar-refractivity contribution in [2.75, 3.05) is 7.05 Å². The maximum Gasteiger partial charge on any atom is 0.0492 e. The van der Waals surface area contributed by atoms with Crippen molar-refractivity contribution in [1.29, 1.82) is 0 Å². The molecule has 0 saturated heterocycles. The lowest BCUT2D eigenvalue weighted by atomic mass is 10.1. The Morgan fingerprint density at radius 1 is 1.47 bits per heavy atom. The first-order chi connectivity index (χ1) is 7.27. The van der Waals surface area contributed by atoms with Crippen LogP contribution in [0.25, 0.3) is 0 Å². The van der Waals surface area contributed by atoms with Gasteiger partial charge in [0.15, 0.2) is 0 Å². The molecular weight excluding hydrogens is 186 g/mol. The summed E-state index contributed by atoms with van der Waals surface area (Å²) in [6.45, 7) is 2.24. The first kappa shape index (κ1) is 12.2. The highest BCUT2D eigenvalue weighted by Crippen LogP contribution is 2.08. The van der Waals surface area contributed by atoms with Gasteiger partial charge >= 0.3 is 0 Å². The molecule has 1 rings (SSSR count). The van der Waals surface area contributed by atoms with E-state index in [1.807, 2.05) is 17.9 Å². The lowest BCUT2D eigenvalue weighted by molar-refractivity contribution is 0.480. The average molecular weight is 209 g/mol. The van der Waals surface area contributed by atoms with Gasteiger partial charge in [0.05, 0.1) is 0 Å². The maximum atomic E-state index is 4.17. The number of rotatable bonds is 7. The summed E-state index contributed by atoms with van der Waals surface area (Å²) in [5.74, 6) is 0. The Balaban J connectivity index is 2.14. The molecule has 3 heteroatoms. The minimum Gasteiger partial charge on any atom is -0.317 e. The molecule has 0 bridgehead atoms. The minimum absolute atomic E-state index is 0.691. The summed E-state index contributed by atoms with van der Waals surface area (Å²) < 4.78 is 1.97. The van der Waals surface area contributed by atoms with Crippen LogP contribution in [0.5, 0.6) is 0 Å². The molecule has 15 heavy (non-hydrogen) atoms. The quantitative estimate of drug-likeness (QED) is 0.697. The van der Waals surface area contributed by atoms with Gasteiger partial charge in [0.25, 0.3) is 0 Å². The predicted molar refractivity (Wildman–Crippen MR) is 63.9 cm³/mol. The number of unbranched alkanes of at least 4 members (excludes halogenated alkanes) is 1. The number of hydrogen-bond donors (Lipinski definition) is 1. The van der Waals surface area contributed by atoms with Gasteiger partial charge in [-0.1, -0.05) is 13.3 Å². The van der Waals surface area contributed by atoms with E-state index in [1.54, 1.807) is 0 Å². The fourth-order valence-electron chi connectivity index (χ4n) is 1.90. The van der Waals surface area contributed by atoms with E-state index in [1.165, 1.54) is 31.4 Å². The second-order valence-electron chi connectivity index (χ2n) is 4.09. The van der Waals surface area contributed by atoms with Gasteiger partial charge in [0.2, 0.25) is 0 Å². The van der Waals surface area contributed by atoms with Gasteiger partial charge in [-0.3, -0.25) is 4.68 Å². The number of aromatic nitrogens is 2. The molecule has 0 saturated carbocycles. The fraction of sp³-hybridized carbons (Fsp3) is 0.750. The number of nitrogens with one attached hydrogen (secondary N) is 1. The molecule has 0 radical (unpaired) electrons. The normalized spacial score (nSPS) is 13.0. The Hall–Kier alpha value is -0.830. The van der Waals surface area contributed by atoms with Crippen molar-refractivity contribution in [2.45, 2.75) is 45.1 Å². The Labute approximate surface area is 92.9 Å². The molecular formula is C12H23N3. The molecule has 3 nitrogen and oxygen atoms in total. The van der Waals surface area contributed by atoms with Crippen LogP contribution in [0.1, 0.15) is 38.3 Å². The summed E-state index contributed by atoms with van der Waals surface area (Å²) in [5, 5.41) is 7.51. The van der Waals surface area contributed by atoms with E-state index >= 15 is 0 Å². The molecule has 0 aliphatic heterocycles. The van der Waals surface area contributed by atoms with E-state index in [9.17, 15) is 0 Å². The monoisotopic (exact) mass is 209 g/mol. The lowest BCUT2D eigenvalue weighted by Gasteiger charge is -2.12. The molecule has 1 aromatic rings. The molecule has 1 heterocycles. The Morgan fingerprint density at radius 2 is 2.27 bits per heavy atom. The molecule has 0 aliphatic carbocycles. The summed E-state index contributed by atoms with van der Waals surface area (Å²) >= 11 is 0. The van der Waals surface area contributed by atoms with Gasteiger partial charge in [-0.2, -0.15) is 5.10 Å². The smallest absolute Gasteiger partial charge is 0.0492 e. The number of aryl methyl sites for hydroxylation is 2. The summed E-state index contributed by atoms with van der Waals surface area (Å²) in [4.78, 5) is 0. The average Bonchev–Trinajstić information content (AvgIpc) is 2.65. The third-order valence-corrected chi connectivity index (χ3v) is 3.06. The van der Waals surface area contributed by atoms with Crippen LogP contribution < -0.4 is 5.32 Å². The van der Waals surface area contributed by atoms with Gasteiger partial charge < -0.3 is 5.32 Å². The summed E-state index contributed by atoms with van der Waals surface area (Å²) in [6.07, 6.45) is 8.09. The van der Waals surface area contributed by atoms with Crippen LogP contribution in [0.4, 0.5) is 0 Å². The van der Waals surface area contributed by atoms with E-state index in [4.69, 9.17) is 0 Å². The standard InChI is InChI=1S/C12H23N3/c1-4-11(13-2)7-5-6-8-12-9-10-14-15(12)3/h9-11,13H,4-8H2,1-3H3. The van der Waals surface area contributed by atoms with Crippen LogP contribution in [0.15, 0.2) is 12.3 Å². The lowest BCUT2D eigenvalue weighted by Crippen LogP contribution is -2.23. The van der Waals surface area contributed by atoms with Crippen molar-refractivity contribution in [3.63, 3.8) is 0 Å². The van der Waals surface area contributed by atoms with Crippen LogP contribution in [0.3, 0.4) is 0 Å². The molecule has 0 spiro atoms. The van der Waals surface area contributed by atoms with E-state index < -0.39 is 0 Å². The molecule has 1 N–H and O–H groups in total. The Bertz CT molecular complexity index is 264. The predicted octanol–water partition coefficient (Wildman–Crippen LogP) is 2.13. The molecule has 1 aromatic heterocycles. The largest absolute Gasteiger partial charge is 0.317 e. The van der Waals surface area contributed by atoms with Crippen LogP contribution >= 0.6 is 0 Å². The van der Waals surface area contributed by atoms with Gasteiger partial charge in [-0.15, -0.1) is 0 Å². The summed E-state index contributed by atoms with van der Waals surface area (Å²) in [6, 6.07) is 2.80. The third kappa shape index (κ3) is 4.04. The van der Waals surface area contributed by atoms with E-state index in [-0.39, 0.29) is 0 Å². The molecule has 1 unspecified atom stereocenters. The van der Waals surface area contributed by atoms with Crippen LogP contribution in [0.2, 0.25) is 0 Å². The first-order valence-corrected chi connectivity index (χ1v) is 5.92. The third-order valence-electron chi connectivity index (χ3n) is 3.06. The Kier molecular flexibility index (Phi) is 5.40. The zero-order chi connectivity index (χ0) is 11.1. The van der Waals surface area contributed by atoms with Gasteiger partial charge in [0, 0.05) is 25.0 Å². The number of hydrogen-bond acceptors (Lipinski definition) is 2. The highest BCUT2D eigenvalue weighted by molar-refractivity contribution is 4.99. The van der Waals surface area contributed by atoms with Gasteiger partial charge in [-0.05, 0) is 38.8 Å². The van der Waals surface area contributed by atoms with Crippen molar-refractivity contribution in [3.05, 3.63) is 18.0 Å². The van der Waals surface area contributed by atoms with Crippen molar-refractivity contribution in [2.24, 2.45) is 7.05 Å². The molecule has 1 atom stereocenters. The zero-order valence-corrected chi connectivity index (χ0v) is 10.2. The number of nitrogens with zero attached hydrogens (tertiary/aromatic N) is 2. The van der Waals surface area contributed by atoms with Crippen molar-refractivity contribution >= 4 is 0 Å². The SMILES string of the molecule is CCC(CCCCc1ccnn1C)NC. The highest BCUT2D eigenvalue weighted by atomic mass is 15.2. The molecule has 0 aromatic carbocycles.